The van der Waals surface area contributed by atoms with Gasteiger partial charge in [-0.2, -0.15) is 0 Å². The molecule has 0 aromatic heterocycles. The molecule has 7 heteroatoms. The predicted octanol–water partition coefficient (Wildman–Crippen LogP) is 5.07. The quantitative estimate of drug-likeness (QED) is 0.523. The molecule has 1 spiro atoms. The lowest BCUT2D eigenvalue weighted by molar-refractivity contribution is -0.123. The SMILES string of the molecule is O=C1CSC2(C(=O)N(Cc3cccc(F)c3)c3ccccc32)N1c1ccc(Br)cc1. The maximum absolute atomic E-state index is 13.9. The Balaban J connectivity index is 1.64. The number of benzene rings is 3. The predicted molar refractivity (Wildman–Crippen MR) is 120 cm³/mol. The molecular weight excluding hydrogens is 467 g/mol. The molecule has 2 amide bonds. The number of rotatable bonds is 3. The molecule has 0 aliphatic carbocycles. The standard InChI is InChI=1S/C23H16BrFN2O2S/c24-16-8-10-18(11-9-16)27-21(28)14-30-23(27)19-6-1-2-7-20(19)26(22(23)29)13-15-4-3-5-17(25)12-15/h1-12H,13-14H2. The fourth-order valence-electron chi connectivity index (χ4n) is 4.12. The number of para-hydroxylation sites is 1. The molecule has 3 aromatic rings. The molecule has 2 heterocycles. The van der Waals surface area contributed by atoms with E-state index in [0.29, 0.717) is 11.3 Å². The van der Waals surface area contributed by atoms with Crippen molar-refractivity contribution in [2.75, 3.05) is 15.6 Å². The average Bonchev–Trinajstić information content (AvgIpc) is 3.20. The van der Waals surface area contributed by atoms with E-state index in [9.17, 15) is 14.0 Å². The van der Waals surface area contributed by atoms with Crippen molar-refractivity contribution >= 4 is 50.9 Å². The summed E-state index contributed by atoms with van der Waals surface area (Å²) in [5, 5.41) is 0. The van der Waals surface area contributed by atoms with Crippen LogP contribution in [0.15, 0.2) is 77.3 Å². The molecule has 2 aliphatic heterocycles. The van der Waals surface area contributed by atoms with Crippen molar-refractivity contribution in [2.24, 2.45) is 0 Å². The second-order valence-corrected chi connectivity index (χ2v) is 9.26. The van der Waals surface area contributed by atoms with Crippen LogP contribution in [-0.4, -0.2) is 17.6 Å². The van der Waals surface area contributed by atoms with Gasteiger partial charge in [0, 0.05) is 15.7 Å². The number of thioether (sulfide) groups is 1. The normalized spacial score (nSPS) is 20.3. The van der Waals surface area contributed by atoms with E-state index < -0.39 is 4.87 Å². The maximum atomic E-state index is 13.9. The van der Waals surface area contributed by atoms with Gasteiger partial charge >= 0.3 is 0 Å². The van der Waals surface area contributed by atoms with E-state index in [1.165, 1.54) is 23.9 Å². The van der Waals surface area contributed by atoms with Gasteiger partial charge in [-0.3, -0.25) is 14.5 Å². The zero-order valence-electron chi connectivity index (χ0n) is 15.7. The Morgan fingerprint density at radius 3 is 2.53 bits per heavy atom. The van der Waals surface area contributed by atoms with Crippen LogP contribution in [0.3, 0.4) is 0 Å². The summed E-state index contributed by atoms with van der Waals surface area (Å²) in [6.45, 7) is 0.234. The fourth-order valence-corrected chi connectivity index (χ4v) is 5.74. The summed E-state index contributed by atoms with van der Waals surface area (Å²) in [4.78, 5) is 28.9. The van der Waals surface area contributed by atoms with Crippen molar-refractivity contribution in [1.82, 2.24) is 0 Å². The molecule has 1 fully saturated rings. The maximum Gasteiger partial charge on any atom is 0.269 e. The number of fused-ring (bicyclic) bond motifs is 2. The third-order valence-corrected chi connectivity index (χ3v) is 7.29. The number of nitrogens with zero attached hydrogens (tertiary/aromatic N) is 2. The molecule has 4 nitrogen and oxygen atoms in total. The Morgan fingerprint density at radius 1 is 1.00 bits per heavy atom. The summed E-state index contributed by atoms with van der Waals surface area (Å²) in [6.07, 6.45) is 0. The zero-order valence-corrected chi connectivity index (χ0v) is 18.1. The van der Waals surface area contributed by atoms with E-state index in [1.54, 1.807) is 21.9 Å². The number of halogens is 2. The number of anilines is 2. The van der Waals surface area contributed by atoms with Crippen molar-refractivity contribution in [3.8, 4) is 0 Å². The molecule has 0 radical (unpaired) electrons. The van der Waals surface area contributed by atoms with Gasteiger partial charge in [0.2, 0.25) is 10.8 Å². The van der Waals surface area contributed by atoms with Crippen molar-refractivity contribution in [1.29, 1.82) is 0 Å². The summed E-state index contributed by atoms with van der Waals surface area (Å²) in [5.74, 6) is -0.432. The van der Waals surface area contributed by atoms with E-state index in [1.807, 2.05) is 48.5 Å². The highest BCUT2D eigenvalue weighted by atomic mass is 79.9. The van der Waals surface area contributed by atoms with E-state index in [-0.39, 0.29) is 29.9 Å². The first-order chi connectivity index (χ1) is 14.5. The largest absolute Gasteiger partial charge is 0.304 e. The van der Waals surface area contributed by atoms with Gasteiger partial charge in [0.15, 0.2) is 0 Å². The van der Waals surface area contributed by atoms with Crippen LogP contribution in [0.25, 0.3) is 0 Å². The van der Waals surface area contributed by atoms with Gasteiger partial charge in [-0.05, 0) is 48.0 Å². The highest BCUT2D eigenvalue weighted by Crippen LogP contribution is 2.55. The Kier molecular flexibility index (Phi) is 4.67. The smallest absolute Gasteiger partial charge is 0.269 e. The van der Waals surface area contributed by atoms with E-state index >= 15 is 0 Å². The van der Waals surface area contributed by atoms with Gasteiger partial charge < -0.3 is 4.90 Å². The van der Waals surface area contributed by atoms with Gasteiger partial charge in [-0.25, -0.2) is 4.39 Å². The molecule has 2 aliphatic rings. The Labute approximate surface area is 185 Å². The summed E-state index contributed by atoms with van der Waals surface area (Å²) in [5.41, 5.74) is 2.89. The number of amides is 2. The van der Waals surface area contributed by atoms with Crippen LogP contribution in [0, 0.1) is 5.82 Å². The summed E-state index contributed by atoms with van der Waals surface area (Å²) in [7, 11) is 0. The first-order valence-electron chi connectivity index (χ1n) is 9.39. The average molecular weight is 483 g/mol. The molecule has 0 bridgehead atoms. The van der Waals surface area contributed by atoms with E-state index in [4.69, 9.17) is 0 Å². The second-order valence-electron chi connectivity index (χ2n) is 7.18. The Bertz CT molecular complexity index is 1170. The fraction of sp³-hybridized carbons (Fsp3) is 0.130. The van der Waals surface area contributed by atoms with Crippen LogP contribution in [0.2, 0.25) is 0 Å². The highest BCUT2D eigenvalue weighted by molar-refractivity contribution is 9.10. The molecule has 150 valence electrons. The first-order valence-corrected chi connectivity index (χ1v) is 11.2. The highest BCUT2D eigenvalue weighted by Gasteiger charge is 2.60. The molecule has 5 rings (SSSR count). The summed E-state index contributed by atoms with van der Waals surface area (Å²) >= 11 is 4.76. The minimum absolute atomic E-state index is 0.113. The van der Waals surface area contributed by atoms with Gasteiger partial charge in [0.1, 0.15) is 5.82 Å². The first kappa shape index (κ1) is 19.3. The van der Waals surface area contributed by atoms with Crippen LogP contribution in [-0.2, 0) is 21.0 Å². The van der Waals surface area contributed by atoms with Crippen molar-refractivity contribution in [3.63, 3.8) is 0 Å². The van der Waals surface area contributed by atoms with Crippen molar-refractivity contribution in [3.05, 3.63) is 94.2 Å². The van der Waals surface area contributed by atoms with Crippen LogP contribution >= 0.6 is 27.7 Å². The van der Waals surface area contributed by atoms with Gasteiger partial charge in [-0.1, -0.05) is 46.3 Å². The molecule has 1 saturated heterocycles. The third-order valence-electron chi connectivity index (χ3n) is 5.38. The molecule has 30 heavy (non-hydrogen) atoms. The molecule has 3 aromatic carbocycles. The van der Waals surface area contributed by atoms with Crippen LogP contribution < -0.4 is 9.80 Å². The Hall–Kier alpha value is -2.64. The lowest BCUT2D eigenvalue weighted by atomic mass is 10.0. The van der Waals surface area contributed by atoms with Gasteiger partial charge in [-0.15, -0.1) is 11.8 Å². The molecule has 1 unspecified atom stereocenters. The minimum Gasteiger partial charge on any atom is -0.304 e. The minimum atomic E-state index is -1.16. The number of hydrogen-bond donors (Lipinski definition) is 0. The zero-order chi connectivity index (χ0) is 20.9. The summed E-state index contributed by atoms with van der Waals surface area (Å²) in [6, 6.07) is 21.1. The molecular formula is C23H16BrFN2O2S. The van der Waals surface area contributed by atoms with Crippen LogP contribution in [0.1, 0.15) is 11.1 Å². The van der Waals surface area contributed by atoms with Gasteiger partial charge in [0.05, 0.1) is 18.0 Å². The van der Waals surface area contributed by atoms with Crippen LogP contribution in [0.4, 0.5) is 15.8 Å². The van der Waals surface area contributed by atoms with Crippen molar-refractivity contribution < 1.29 is 14.0 Å². The number of carbonyl (C=O) groups is 2. The third kappa shape index (κ3) is 2.87. The van der Waals surface area contributed by atoms with E-state index in [2.05, 4.69) is 15.9 Å². The second kappa shape index (κ2) is 7.25. The Morgan fingerprint density at radius 2 is 1.77 bits per heavy atom. The number of hydrogen-bond acceptors (Lipinski definition) is 3. The van der Waals surface area contributed by atoms with E-state index in [0.717, 1.165) is 15.7 Å². The van der Waals surface area contributed by atoms with Gasteiger partial charge in [0.25, 0.3) is 5.91 Å². The number of carbonyl (C=O) groups excluding carboxylic acids is 2. The topological polar surface area (TPSA) is 40.6 Å². The molecule has 0 N–H and O–H groups in total. The lowest BCUT2D eigenvalue weighted by Crippen LogP contribution is -2.49. The molecule has 0 saturated carbocycles. The summed E-state index contributed by atoms with van der Waals surface area (Å²) < 4.78 is 14.6. The monoisotopic (exact) mass is 482 g/mol. The van der Waals surface area contributed by atoms with Crippen molar-refractivity contribution in [2.45, 2.75) is 11.4 Å². The van der Waals surface area contributed by atoms with Crippen LogP contribution in [0.5, 0.6) is 0 Å². The molecule has 1 atom stereocenters. The lowest BCUT2D eigenvalue weighted by Gasteiger charge is -2.33.